The summed E-state index contributed by atoms with van der Waals surface area (Å²) in [5.74, 6) is 1.96. The Hall–Kier alpha value is -3.47. The van der Waals surface area contributed by atoms with E-state index in [9.17, 15) is 4.79 Å². The molecule has 1 aliphatic rings. The van der Waals surface area contributed by atoms with Crippen LogP contribution in [0.5, 0.6) is 17.2 Å². The van der Waals surface area contributed by atoms with Crippen molar-refractivity contribution in [1.82, 2.24) is 5.32 Å². The Bertz CT molecular complexity index is 987. The Morgan fingerprint density at radius 3 is 2.59 bits per heavy atom. The second-order valence-electron chi connectivity index (χ2n) is 6.90. The van der Waals surface area contributed by atoms with Gasteiger partial charge in [-0.15, -0.1) is 0 Å². The molecule has 3 aromatic carbocycles. The first-order valence-electron chi connectivity index (χ1n) is 9.66. The Kier molecular flexibility index (Phi) is 5.66. The zero-order valence-electron chi connectivity index (χ0n) is 16.3. The third kappa shape index (κ3) is 4.69. The molecule has 0 aromatic heterocycles. The largest absolute Gasteiger partial charge is 0.489 e. The lowest BCUT2D eigenvalue weighted by Crippen LogP contribution is -2.26. The van der Waals surface area contributed by atoms with Gasteiger partial charge in [0.25, 0.3) is 5.91 Å². The predicted octanol–water partition coefficient (Wildman–Crippen LogP) is 4.53. The van der Waals surface area contributed by atoms with E-state index >= 15 is 0 Å². The van der Waals surface area contributed by atoms with E-state index in [-0.39, 0.29) is 11.9 Å². The van der Waals surface area contributed by atoms with Gasteiger partial charge in [-0.3, -0.25) is 4.79 Å². The molecular formula is C24H23NO4. The Labute approximate surface area is 170 Å². The van der Waals surface area contributed by atoms with Gasteiger partial charge in [-0.2, -0.15) is 0 Å². The van der Waals surface area contributed by atoms with Crippen LogP contribution in [-0.2, 0) is 6.61 Å². The van der Waals surface area contributed by atoms with Gasteiger partial charge in [0.2, 0.25) is 0 Å². The second-order valence-corrected chi connectivity index (χ2v) is 6.90. The maximum Gasteiger partial charge on any atom is 0.251 e. The van der Waals surface area contributed by atoms with Gasteiger partial charge >= 0.3 is 0 Å². The molecule has 29 heavy (non-hydrogen) atoms. The van der Waals surface area contributed by atoms with Gasteiger partial charge in [0.05, 0.1) is 6.04 Å². The zero-order chi connectivity index (χ0) is 20.1. The van der Waals surface area contributed by atoms with Crippen molar-refractivity contribution in [2.45, 2.75) is 19.6 Å². The van der Waals surface area contributed by atoms with Crippen LogP contribution in [0.3, 0.4) is 0 Å². The maximum absolute atomic E-state index is 12.7. The molecule has 5 nitrogen and oxygen atoms in total. The van der Waals surface area contributed by atoms with E-state index in [0.29, 0.717) is 36.9 Å². The van der Waals surface area contributed by atoms with E-state index in [1.54, 1.807) is 12.1 Å². The molecule has 0 radical (unpaired) electrons. The number of hydrogen-bond donors (Lipinski definition) is 1. The normalized spacial score (nSPS) is 13.4. The number of fused-ring (bicyclic) bond motifs is 1. The molecule has 0 fully saturated rings. The van der Waals surface area contributed by atoms with E-state index in [2.05, 4.69) is 5.32 Å². The number of rotatable bonds is 6. The molecule has 148 valence electrons. The smallest absolute Gasteiger partial charge is 0.251 e. The molecule has 5 heteroatoms. The quantitative estimate of drug-likeness (QED) is 0.673. The number of benzene rings is 3. The molecule has 1 atom stereocenters. The first-order valence-corrected chi connectivity index (χ1v) is 9.66. The van der Waals surface area contributed by atoms with Crippen molar-refractivity contribution < 1.29 is 19.0 Å². The number of hydrogen-bond acceptors (Lipinski definition) is 4. The minimum absolute atomic E-state index is 0.155. The lowest BCUT2D eigenvalue weighted by Gasteiger charge is -2.21. The maximum atomic E-state index is 12.7. The van der Waals surface area contributed by atoms with Gasteiger partial charge in [0.15, 0.2) is 11.5 Å². The van der Waals surface area contributed by atoms with Gasteiger partial charge in [-0.25, -0.2) is 0 Å². The van der Waals surface area contributed by atoms with E-state index in [4.69, 9.17) is 14.2 Å². The van der Waals surface area contributed by atoms with Crippen molar-refractivity contribution in [2.75, 3.05) is 13.2 Å². The van der Waals surface area contributed by atoms with Crippen molar-refractivity contribution in [2.24, 2.45) is 0 Å². The highest BCUT2D eigenvalue weighted by Crippen LogP contribution is 2.32. The van der Waals surface area contributed by atoms with Crippen LogP contribution in [0.1, 0.15) is 34.5 Å². The molecule has 1 aliphatic heterocycles. The van der Waals surface area contributed by atoms with E-state index in [0.717, 1.165) is 16.9 Å². The minimum atomic E-state index is -0.174. The summed E-state index contributed by atoms with van der Waals surface area (Å²) in [5.41, 5.74) is 2.59. The summed E-state index contributed by atoms with van der Waals surface area (Å²) in [6.07, 6.45) is 0. The summed E-state index contributed by atoms with van der Waals surface area (Å²) < 4.78 is 17.0. The average molecular weight is 389 g/mol. The second kappa shape index (κ2) is 8.69. The Balaban J connectivity index is 1.40. The zero-order valence-corrected chi connectivity index (χ0v) is 16.3. The number of carbonyl (C=O) groups is 1. The molecule has 0 saturated carbocycles. The van der Waals surface area contributed by atoms with Crippen LogP contribution >= 0.6 is 0 Å². The fraction of sp³-hybridized carbons (Fsp3) is 0.208. The lowest BCUT2D eigenvalue weighted by molar-refractivity contribution is 0.0939. The topological polar surface area (TPSA) is 56.8 Å². The summed E-state index contributed by atoms with van der Waals surface area (Å²) in [6.45, 7) is 3.49. The number of carbonyl (C=O) groups excluding carboxylic acids is 1. The fourth-order valence-corrected chi connectivity index (χ4v) is 3.16. The minimum Gasteiger partial charge on any atom is -0.489 e. The fourth-order valence-electron chi connectivity index (χ4n) is 3.16. The molecule has 1 amide bonds. The van der Waals surface area contributed by atoms with E-state index in [1.807, 2.05) is 67.6 Å². The van der Waals surface area contributed by atoms with Crippen LogP contribution in [0.2, 0.25) is 0 Å². The molecule has 0 aliphatic carbocycles. The molecule has 0 bridgehead atoms. The van der Waals surface area contributed by atoms with Crippen LogP contribution in [0.25, 0.3) is 0 Å². The first kappa shape index (κ1) is 18.9. The SMILES string of the molecule is C[C@H](NC(=O)c1cccc(OCc2ccccc2)c1)c1ccc2c(c1)OCCO2. The van der Waals surface area contributed by atoms with Gasteiger partial charge in [0, 0.05) is 5.56 Å². The van der Waals surface area contributed by atoms with Crippen molar-refractivity contribution in [3.63, 3.8) is 0 Å². The van der Waals surface area contributed by atoms with E-state index < -0.39 is 0 Å². The molecule has 3 aromatic rings. The van der Waals surface area contributed by atoms with Crippen LogP contribution in [-0.4, -0.2) is 19.1 Å². The van der Waals surface area contributed by atoms with Crippen LogP contribution in [0.15, 0.2) is 72.8 Å². The summed E-state index contributed by atoms with van der Waals surface area (Å²) in [6, 6.07) is 22.7. The summed E-state index contributed by atoms with van der Waals surface area (Å²) in [5, 5.41) is 3.03. The van der Waals surface area contributed by atoms with Gasteiger partial charge in [-0.05, 0) is 48.4 Å². The molecule has 4 rings (SSSR count). The van der Waals surface area contributed by atoms with Crippen molar-refractivity contribution in [3.05, 3.63) is 89.5 Å². The third-order valence-electron chi connectivity index (χ3n) is 4.76. The molecule has 0 saturated heterocycles. The summed E-state index contributed by atoms with van der Waals surface area (Å²) >= 11 is 0. The van der Waals surface area contributed by atoms with Crippen molar-refractivity contribution >= 4 is 5.91 Å². The standard InChI is InChI=1S/C24H23NO4/c1-17(19-10-11-22-23(15-19)28-13-12-27-22)25-24(26)20-8-5-9-21(14-20)29-16-18-6-3-2-4-7-18/h2-11,14-15,17H,12-13,16H2,1H3,(H,25,26)/t17-/m0/s1. The van der Waals surface area contributed by atoms with Crippen LogP contribution in [0, 0.1) is 0 Å². The Morgan fingerprint density at radius 1 is 0.966 bits per heavy atom. The highest BCUT2D eigenvalue weighted by Gasteiger charge is 2.16. The van der Waals surface area contributed by atoms with Crippen molar-refractivity contribution in [1.29, 1.82) is 0 Å². The highest BCUT2D eigenvalue weighted by molar-refractivity contribution is 5.94. The van der Waals surface area contributed by atoms with Crippen molar-refractivity contribution in [3.8, 4) is 17.2 Å². The molecule has 1 N–H and O–H groups in total. The third-order valence-corrected chi connectivity index (χ3v) is 4.76. The van der Waals surface area contributed by atoms with Gasteiger partial charge in [0.1, 0.15) is 25.6 Å². The average Bonchev–Trinajstić information content (AvgIpc) is 2.78. The van der Waals surface area contributed by atoms with Gasteiger partial charge in [-0.1, -0.05) is 42.5 Å². The Morgan fingerprint density at radius 2 is 1.76 bits per heavy atom. The summed E-state index contributed by atoms with van der Waals surface area (Å²) in [7, 11) is 0. The first-order chi connectivity index (χ1) is 14.2. The molecular weight excluding hydrogens is 366 g/mol. The van der Waals surface area contributed by atoms with Crippen LogP contribution < -0.4 is 19.5 Å². The molecule has 0 spiro atoms. The molecule has 0 unspecified atom stereocenters. The monoisotopic (exact) mass is 389 g/mol. The number of ether oxygens (including phenoxy) is 3. The lowest BCUT2D eigenvalue weighted by atomic mass is 10.1. The predicted molar refractivity (Wildman–Crippen MR) is 111 cm³/mol. The molecule has 1 heterocycles. The number of amides is 1. The van der Waals surface area contributed by atoms with Crippen LogP contribution in [0.4, 0.5) is 0 Å². The van der Waals surface area contributed by atoms with E-state index in [1.165, 1.54) is 0 Å². The summed E-state index contributed by atoms with van der Waals surface area (Å²) in [4.78, 5) is 12.7. The highest BCUT2D eigenvalue weighted by atomic mass is 16.6. The number of nitrogens with one attached hydrogen (secondary N) is 1. The van der Waals surface area contributed by atoms with Gasteiger partial charge < -0.3 is 19.5 Å².